The quantitative estimate of drug-likeness (QED) is 0.433. The third kappa shape index (κ3) is 0.562. The van der Waals surface area contributed by atoms with Gasteiger partial charge in [-0.3, -0.25) is 9.59 Å². The fraction of sp³-hybridized carbons (Fsp3) is 0.818. The fourth-order valence-electron chi connectivity index (χ4n) is 3.93. The van der Waals surface area contributed by atoms with Crippen LogP contribution in [-0.4, -0.2) is 11.9 Å². The summed E-state index contributed by atoms with van der Waals surface area (Å²) in [5, 5.41) is 0. The van der Waals surface area contributed by atoms with Gasteiger partial charge in [0.05, 0.1) is 10.8 Å². The Morgan fingerprint density at radius 3 is 1.93 bits per heavy atom. The van der Waals surface area contributed by atoms with Crippen molar-refractivity contribution in [3.63, 3.8) is 0 Å². The Kier molecular flexibility index (Phi) is 1.23. The van der Waals surface area contributed by atoms with Gasteiger partial charge in [0.15, 0.2) is 0 Å². The molecule has 1 aliphatic heterocycles. The second kappa shape index (κ2) is 2.05. The summed E-state index contributed by atoms with van der Waals surface area (Å²) < 4.78 is 4.84. The van der Waals surface area contributed by atoms with Crippen LogP contribution in [0.4, 0.5) is 0 Å². The predicted octanol–water partition coefficient (Wildman–Crippen LogP) is 1.51. The van der Waals surface area contributed by atoms with Crippen molar-refractivity contribution >= 4 is 11.9 Å². The molecule has 4 atom stereocenters. The lowest BCUT2D eigenvalue weighted by atomic mass is 9.59. The predicted molar refractivity (Wildman–Crippen MR) is 48.1 cm³/mol. The highest BCUT2D eigenvalue weighted by Gasteiger charge is 2.75. The molecule has 0 aromatic heterocycles. The third-order valence-electron chi connectivity index (χ3n) is 5.18. The first-order valence-electron chi connectivity index (χ1n) is 5.28. The van der Waals surface area contributed by atoms with Crippen LogP contribution in [0.25, 0.3) is 0 Å². The molecule has 2 saturated carbocycles. The molecule has 0 spiro atoms. The number of rotatable bonds is 0. The molecule has 2 aliphatic carbocycles. The minimum Gasteiger partial charge on any atom is -0.392 e. The summed E-state index contributed by atoms with van der Waals surface area (Å²) in [6, 6.07) is 0. The van der Waals surface area contributed by atoms with E-state index in [1.54, 1.807) is 0 Å². The zero-order chi connectivity index (χ0) is 10.1. The van der Waals surface area contributed by atoms with Gasteiger partial charge in [0.1, 0.15) is 0 Å². The lowest BCUT2D eigenvalue weighted by Crippen LogP contribution is -2.45. The minimum atomic E-state index is -0.521. The van der Waals surface area contributed by atoms with E-state index in [0.717, 1.165) is 19.3 Å². The van der Waals surface area contributed by atoms with Gasteiger partial charge in [0, 0.05) is 0 Å². The molecule has 0 N–H and O–H groups in total. The van der Waals surface area contributed by atoms with E-state index >= 15 is 0 Å². The Hall–Kier alpha value is -0.860. The zero-order valence-electron chi connectivity index (χ0n) is 8.50. The molecule has 0 amide bonds. The topological polar surface area (TPSA) is 43.4 Å². The van der Waals surface area contributed by atoms with Crippen LogP contribution in [0.5, 0.6) is 0 Å². The number of esters is 2. The van der Waals surface area contributed by atoms with Crippen LogP contribution in [0.3, 0.4) is 0 Å². The molecule has 0 aromatic rings. The van der Waals surface area contributed by atoms with Gasteiger partial charge in [-0.2, -0.15) is 0 Å². The fourth-order valence-corrected chi connectivity index (χ4v) is 3.93. The summed E-state index contributed by atoms with van der Waals surface area (Å²) in [7, 11) is 0. The normalized spacial score (nSPS) is 55.0. The van der Waals surface area contributed by atoms with Crippen molar-refractivity contribution in [1.82, 2.24) is 0 Å². The summed E-state index contributed by atoms with van der Waals surface area (Å²) in [4.78, 5) is 23.5. The zero-order valence-corrected chi connectivity index (χ0v) is 8.50. The number of ether oxygens (including phenoxy) is 1. The summed E-state index contributed by atoms with van der Waals surface area (Å²) in [5.74, 6) is 0.183. The molecule has 3 nitrogen and oxygen atoms in total. The molecule has 1 heterocycles. The van der Waals surface area contributed by atoms with Crippen LogP contribution < -0.4 is 0 Å². The van der Waals surface area contributed by atoms with E-state index in [1.165, 1.54) is 0 Å². The minimum absolute atomic E-state index is 0.280. The van der Waals surface area contributed by atoms with Crippen molar-refractivity contribution < 1.29 is 14.3 Å². The van der Waals surface area contributed by atoms with Crippen LogP contribution >= 0.6 is 0 Å². The van der Waals surface area contributed by atoms with E-state index in [1.807, 2.05) is 13.8 Å². The van der Waals surface area contributed by atoms with Crippen molar-refractivity contribution in [2.24, 2.45) is 22.7 Å². The Balaban J connectivity index is 2.21. The van der Waals surface area contributed by atoms with Crippen molar-refractivity contribution in [3.8, 4) is 0 Å². The highest BCUT2D eigenvalue weighted by Crippen LogP contribution is 2.69. The van der Waals surface area contributed by atoms with Gasteiger partial charge in [-0.05, 0) is 44.9 Å². The lowest BCUT2D eigenvalue weighted by molar-refractivity contribution is -0.157. The lowest BCUT2D eigenvalue weighted by Gasteiger charge is -2.37. The maximum atomic E-state index is 11.7. The largest absolute Gasteiger partial charge is 0.392 e. The van der Waals surface area contributed by atoms with Crippen molar-refractivity contribution in [3.05, 3.63) is 0 Å². The van der Waals surface area contributed by atoms with Gasteiger partial charge in [-0.25, -0.2) is 0 Å². The first kappa shape index (κ1) is 8.45. The number of fused-ring (bicyclic) bond motifs is 5. The number of carbonyl (C=O) groups excluding carboxylic acids is 2. The Labute approximate surface area is 82.8 Å². The molecule has 0 aromatic carbocycles. The van der Waals surface area contributed by atoms with Gasteiger partial charge >= 0.3 is 11.9 Å². The Morgan fingerprint density at radius 2 is 1.50 bits per heavy atom. The SMILES string of the molecule is C[C@@]12C(=O)OC(=O)[C@]1(C)[C@@H]1CC[C@H]2C1. The van der Waals surface area contributed by atoms with E-state index in [-0.39, 0.29) is 11.9 Å². The molecular weight excluding hydrogens is 180 g/mol. The van der Waals surface area contributed by atoms with Crippen molar-refractivity contribution in [2.45, 2.75) is 33.1 Å². The number of hydrogen-bond acceptors (Lipinski definition) is 3. The average Bonchev–Trinajstić information content (AvgIpc) is 2.73. The Bertz CT molecular complexity index is 316. The van der Waals surface area contributed by atoms with Crippen LogP contribution in [0, 0.1) is 22.7 Å². The monoisotopic (exact) mass is 194 g/mol. The molecule has 3 heteroatoms. The highest BCUT2D eigenvalue weighted by molar-refractivity contribution is 6.02. The summed E-state index contributed by atoms with van der Waals surface area (Å²) >= 11 is 0. The molecular formula is C11H14O3. The summed E-state index contributed by atoms with van der Waals surface area (Å²) in [6.07, 6.45) is 3.20. The maximum absolute atomic E-state index is 11.7. The third-order valence-corrected chi connectivity index (χ3v) is 5.18. The highest BCUT2D eigenvalue weighted by atomic mass is 16.6. The first-order valence-corrected chi connectivity index (χ1v) is 5.28. The molecule has 3 fully saturated rings. The van der Waals surface area contributed by atoms with Gasteiger partial charge in [-0.15, -0.1) is 0 Å². The van der Waals surface area contributed by atoms with Crippen LogP contribution in [0.1, 0.15) is 33.1 Å². The molecule has 76 valence electrons. The summed E-state index contributed by atoms with van der Waals surface area (Å²) in [6.45, 7) is 3.84. The van der Waals surface area contributed by atoms with E-state index < -0.39 is 10.8 Å². The van der Waals surface area contributed by atoms with Crippen LogP contribution in [-0.2, 0) is 14.3 Å². The molecule has 2 bridgehead atoms. The second-order valence-corrected chi connectivity index (χ2v) is 5.29. The summed E-state index contributed by atoms with van der Waals surface area (Å²) in [5.41, 5.74) is -1.04. The van der Waals surface area contributed by atoms with Gasteiger partial charge in [0.2, 0.25) is 0 Å². The van der Waals surface area contributed by atoms with E-state index in [4.69, 9.17) is 4.74 Å². The molecule has 0 radical (unpaired) electrons. The maximum Gasteiger partial charge on any atom is 0.320 e. The molecule has 3 rings (SSSR count). The smallest absolute Gasteiger partial charge is 0.320 e. The molecule has 0 unspecified atom stereocenters. The van der Waals surface area contributed by atoms with Crippen LogP contribution in [0.15, 0.2) is 0 Å². The van der Waals surface area contributed by atoms with Gasteiger partial charge in [0.25, 0.3) is 0 Å². The van der Waals surface area contributed by atoms with Gasteiger partial charge in [-0.1, -0.05) is 0 Å². The second-order valence-electron chi connectivity index (χ2n) is 5.29. The number of hydrogen-bond donors (Lipinski definition) is 0. The van der Waals surface area contributed by atoms with E-state index in [9.17, 15) is 9.59 Å². The molecule has 14 heavy (non-hydrogen) atoms. The van der Waals surface area contributed by atoms with E-state index in [2.05, 4.69) is 0 Å². The standard InChI is InChI=1S/C11H14O3/c1-10-6-3-4-7(5-6)11(10,2)9(13)14-8(10)12/h6-7H,3-5H2,1-2H3/t6-,7+,10+,11-. The first-order chi connectivity index (χ1) is 6.51. The number of carbonyl (C=O) groups is 2. The van der Waals surface area contributed by atoms with Gasteiger partial charge < -0.3 is 4.74 Å². The molecule has 1 saturated heterocycles. The van der Waals surface area contributed by atoms with Crippen molar-refractivity contribution in [1.29, 1.82) is 0 Å². The van der Waals surface area contributed by atoms with Crippen LogP contribution in [0.2, 0.25) is 0 Å². The Morgan fingerprint density at radius 1 is 1.07 bits per heavy atom. The molecule has 3 aliphatic rings. The van der Waals surface area contributed by atoms with E-state index in [0.29, 0.717) is 11.8 Å². The average molecular weight is 194 g/mol. The number of cyclic esters (lactones) is 2. The van der Waals surface area contributed by atoms with Crippen molar-refractivity contribution in [2.75, 3.05) is 0 Å².